The van der Waals surface area contributed by atoms with Gasteiger partial charge in [-0.2, -0.15) is 5.10 Å². The number of likely N-dealkylation sites (N-methyl/N-ethyl adjacent to an activating group) is 1. The molecule has 1 saturated heterocycles. The number of aromatic amines is 1. The number of carbonyl (C=O) groups excluding carboxylic acids is 1. The first-order valence-corrected chi connectivity index (χ1v) is 11.8. The molecular weight excluding hydrogens is 426 g/mol. The number of piperazine rings is 1. The molecule has 5 rings (SSSR count). The van der Waals surface area contributed by atoms with E-state index in [0.29, 0.717) is 29.4 Å². The molecule has 1 fully saturated rings. The molecule has 0 amide bonds. The zero-order valence-corrected chi connectivity index (χ0v) is 20.0. The molecule has 3 heterocycles. The molecule has 176 valence electrons. The van der Waals surface area contributed by atoms with E-state index < -0.39 is 0 Å². The Labute approximate surface area is 200 Å². The number of fused-ring (bicyclic) bond motifs is 1. The van der Waals surface area contributed by atoms with E-state index in [4.69, 9.17) is 9.97 Å². The fourth-order valence-electron chi connectivity index (χ4n) is 4.61. The van der Waals surface area contributed by atoms with Crippen LogP contribution in [0.15, 0.2) is 36.4 Å². The van der Waals surface area contributed by atoms with Gasteiger partial charge in [0, 0.05) is 44.4 Å². The van der Waals surface area contributed by atoms with E-state index in [1.54, 1.807) is 0 Å². The van der Waals surface area contributed by atoms with Crippen molar-refractivity contribution in [1.29, 1.82) is 0 Å². The number of nitrogens with one attached hydrogen (secondary N) is 2. The molecule has 0 radical (unpaired) electrons. The number of benzene rings is 1. The first-order valence-electron chi connectivity index (χ1n) is 11.8. The zero-order chi connectivity index (χ0) is 23.7. The van der Waals surface area contributed by atoms with Gasteiger partial charge in [-0.25, -0.2) is 9.97 Å². The van der Waals surface area contributed by atoms with Crippen molar-refractivity contribution in [3.63, 3.8) is 0 Å². The standard InChI is InChI=1S/C26H31N7O/c1-26(2)16-19-24(20(34)17-26)25(31-30-19)29-22-15-23(33-13-11-32(3)12-14-33)28-21(27-22)10-9-18-7-5-4-6-8-18/h4-10,15H,11-14,16-17H2,1-3H3,(H2,27,28,29,30,31). The number of nitrogens with zero attached hydrogens (tertiary/aromatic N) is 5. The van der Waals surface area contributed by atoms with Crippen molar-refractivity contribution in [2.24, 2.45) is 5.41 Å². The Morgan fingerprint density at radius 2 is 1.79 bits per heavy atom. The van der Waals surface area contributed by atoms with Crippen LogP contribution in [0.25, 0.3) is 12.2 Å². The van der Waals surface area contributed by atoms with Gasteiger partial charge in [-0.15, -0.1) is 0 Å². The summed E-state index contributed by atoms with van der Waals surface area (Å²) in [4.78, 5) is 27.0. The van der Waals surface area contributed by atoms with Gasteiger partial charge in [0.05, 0.1) is 5.56 Å². The lowest BCUT2D eigenvalue weighted by molar-refractivity contribution is 0.0912. The smallest absolute Gasteiger partial charge is 0.169 e. The molecule has 1 aliphatic heterocycles. The summed E-state index contributed by atoms with van der Waals surface area (Å²) < 4.78 is 0. The lowest BCUT2D eigenvalue weighted by Crippen LogP contribution is -2.44. The molecule has 8 heteroatoms. The summed E-state index contributed by atoms with van der Waals surface area (Å²) in [5.41, 5.74) is 2.56. The van der Waals surface area contributed by atoms with Gasteiger partial charge >= 0.3 is 0 Å². The molecule has 0 saturated carbocycles. The first kappa shape index (κ1) is 22.3. The highest BCUT2D eigenvalue weighted by molar-refractivity contribution is 6.03. The summed E-state index contributed by atoms with van der Waals surface area (Å²) >= 11 is 0. The van der Waals surface area contributed by atoms with Gasteiger partial charge in [-0.05, 0) is 30.5 Å². The molecule has 3 aromatic rings. The fourth-order valence-corrected chi connectivity index (χ4v) is 4.61. The zero-order valence-electron chi connectivity index (χ0n) is 20.0. The Kier molecular flexibility index (Phi) is 5.91. The van der Waals surface area contributed by atoms with Crippen LogP contribution in [-0.4, -0.2) is 64.1 Å². The van der Waals surface area contributed by atoms with Crippen LogP contribution >= 0.6 is 0 Å². The van der Waals surface area contributed by atoms with E-state index in [1.165, 1.54) is 0 Å². The van der Waals surface area contributed by atoms with Crippen molar-refractivity contribution >= 4 is 35.4 Å². The largest absolute Gasteiger partial charge is 0.354 e. The highest BCUT2D eigenvalue weighted by Crippen LogP contribution is 2.37. The molecule has 1 aromatic carbocycles. The van der Waals surface area contributed by atoms with Gasteiger partial charge in [0.2, 0.25) is 0 Å². The number of hydrogen-bond donors (Lipinski definition) is 2. The number of Topliss-reactive ketones (excluding diaryl/α,β-unsaturated/α-hetero) is 1. The van der Waals surface area contributed by atoms with Crippen LogP contribution in [0.3, 0.4) is 0 Å². The molecule has 2 N–H and O–H groups in total. The molecule has 0 atom stereocenters. The van der Waals surface area contributed by atoms with E-state index in [0.717, 1.165) is 49.7 Å². The quantitative estimate of drug-likeness (QED) is 0.598. The maximum absolute atomic E-state index is 12.9. The third kappa shape index (κ3) is 4.87. The minimum atomic E-state index is -0.0627. The Morgan fingerprint density at radius 1 is 1.03 bits per heavy atom. The van der Waals surface area contributed by atoms with Gasteiger partial charge in [0.15, 0.2) is 17.4 Å². The van der Waals surface area contributed by atoms with Gasteiger partial charge < -0.3 is 15.1 Å². The topological polar surface area (TPSA) is 90.0 Å². The van der Waals surface area contributed by atoms with Gasteiger partial charge in [0.1, 0.15) is 11.6 Å². The lowest BCUT2D eigenvalue weighted by Gasteiger charge is -2.33. The van der Waals surface area contributed by atoms with E-state index in [9.17, 15) is 4.79 Å². The second-order valence-electron chi connectivity index (χ2n) is 10.00. The third-order valence-corrected chi connectivity index (χ3v) is 6.44. The van der Waals surface area contributed by atoms with Crippen LogP contribution in [0.1, 0.15) is 47.7 Å². The predicted octanol–water partition coefficient (Wildman–Crippen LogP) is 4.02. The Hall–Kier alpha value is -3.52. The number of carbonyl (C=O) groups is 1. The van der Waals surface area contributed by atoms with E-state index in [2.05, 4.69) is 46.2 Å². The van der Waals surface area contributed by atoms with E-state index in [1.807, 2.05) is 48.6 Å². The Morgan fingerprint density at radius 3 is 2.56 bits per heavy atom. The average molecular weight is 458 g/mol. The molecule has 8 nitrogen and oxygen atoms in total. The summed E-state index contributed by atoms with van der Waals surface area (Å²) in [6.07, 6.45) is 5.24. The number of rotatable bonds is 5. The highest BCUT2D eigenvalue weighted by atomic mass is 16.1. The SMILES string of the molecule is CN1CCN(c2cc(Nc3n[nH]c4c3C(=O)CC(C)(C)C4)nc(C=Cc3ccccc3)n2)CC1. The summed E-state index contributed by atoms with van der Waals surface area (Å²) in [6, 6.07) is 12.0. The normalized spacial score (nSPS) is 18.3. The molecule has 0 spiro atoms. The first-order chi connectivity index (χ1) is 16.4. The van der Waals surface area contributed by atoms with Crippen molar-refractivity contribution in [2.45, 2.75) is 26.7 Å². The minimum Gasteiger partial charge on any atom is -0.354 e. The number of aromatic nitrogens is 4. The highest BCUT2D eigenvalue weighted by Gasteiger charge is 2.34. The average Bonchev–Trinajstić information content (AvgIpc) is 3.20. The van der Waals surface area contributed by atoms with Crippen LogP contribution < -0.4 is 10.2 Å². The predicted molar refractivity (Wildman–Crippen MR) is 135 cm³/mol. The van der Waals surface area contributed by atoms with Gasteiger partial charge in [-0.3, -0.25) is 9.89 Å². The maximum Gasteiger partial charge on any atom is 0.169 e. The third-order valence-electron chi connectivity index (χ3n) is 6.44. The summed E-state index contributed by atoms with van der Waals surface area (Å²) in [5, 5.41) is 10.8. The van der Waals surface area contributed by atoms with Crippen molar-refractivity contribution in [3.05, 3.63) is 59.0 Å². The molecule has 2 aromatic heterocycles. The maximum atomic E-state index is 12.9. The van der Waals surface area contributed by atoms with Crippen LogP contribution in [0.2, 0.25) is 0 Å². The minimum absolute atomic E-state index is 0.0627. The van der Waals surface area contributed by atoms with Crippen LogP contribution in [0, 0.1) is 5.41 Å². The Balaban J connectivity index is 1.47. The Bertz CT molecular complexity index is 1210. The van der Waals surface area contributed by atoms with E-state index in [-0.39, 0.29) is 11.2 Å². The number of H-pyrrole nitrogens is 1. The monoisotopic (exact) mass is 457 g/mol. The molecule has 2 aliphatic rings. The van der Waals surface area contributed by atoms with Gasteiger partial charge in [0.25, 0.3) is 0 Å². The molecule has 34 heavy (non-hydrogen) atoms. The van der Waals surface area contributed by atoms with Crippen molar-refractivity contribution in [3.8, 4) is 0 Å². The summed E-state index contributed by atoms with van der Waals surface area (Å²) in [6.45, 7) is 8.00. The summed E-state index contributed by atoms with van der Waals surface area (Å²) in [7, 11) is 2.14. The van der Waals surface area contributed by atoms with E-state index >= 15 is 0 Å². The molecular formula is C26H31N7O. The van der Waals surface area contributed by atoms with Gasteiger partial charge in [-0.1, -0.05) is 50.3 Å². The van der Waals surface area contributed by atoms with Crippen molar-refractivity contribution in [2.75, 3.05) is 43.4 Å². The van der Waals surface area contributed by atoms with Crippen LogP contribution in [0.5, 0.6) is 0 Å². The molecule has 0 bridgehead atoms. The van der Waals surface area contributed by atoms with Crippen molar-refractivity contribution < 1.29 is 4.79 Å². The number of hydrogen-bond acceptors (Lipinski definition) is 7. The molecule has 0 unspecified atom stereocenters. The second-order valence-corrected chi connectivity index (χ2v) is 10.00. The summed E-state index contributed by atoms with van der Waals surface area (Å²) in [5.74, 6) is 2.76. The fraction of sp³-hybridized carbons (Fsp3) is 0.385. The van der Waals surface area contributed by atoms with Crippen molar-refractivity contribution in [1.82, 2.24) is 25.1 Å². The van der Waals surface area contributed by atoms with Crippen LogP contribution in [0.4, 0.5) is 17.5 Å². The number of ketones is 1. The molecule has 1 aliphatic carbocycles. The van der Waals surface area contributed by atoms with Crippen LogP contribution in [-0.2, 0) is 6.42 Å². The lowest BCUT2D eigenvalue weighted by atomic mass is 9.76. The number of anilines is 3. The second kappa shape index (κ2) is 9.02.